The van der Waals surface area contributed by atoms with Crippen molar-refractivity contribution in [2.75, 3.05) is 12.3 Å². The van der Waals surface area contributed by atoms with Crippen LogP contribution in [0.25, 0.3) is 10.8 Å². The van der Waals surface area contributed by atoms with Crippen molar-refractivity contribution in [1.29, 1.82) is 0 Å². The Morgan fingerprint density at radius 2 is 2.17 bits per heavy atom. The van der Waals surface area contributed by atoms with Gasteiger partial charge >= 0.3 is 0 Å². The number of aromatic nitrogens is 1. The van der Waals surface area contributed by atoms with E-state index in [1.165, 1.54) is 12.8 Å². The van der Waals surface area contributed by atoms with Gasteiger partial charge in [-0.25, -0.2) is 0 Å². The normalized spacial score (nSPS) is 14.9. The second-order valence-electron chi connectivity index (χ2n) is 5.10. The maximum Gasteiger partial charge on any atom is 0.127 e. The van der Waals surface area contributed by atoms with E-state index in [0.717, 1.165) is 46.8 Å². The molecule has 0 amide bonds. The Kier molecular flexibility index (Phi) is 2.82. The molecule has 3 heteroatoms. The van der Waals surface area contributed by atoms with E-state index in [2.05, 4.69) is 4.98 Å². The van der Waals surface area contributed by atoms with E-state index in [1.54, 1.807) is 0 Å². The monoisotopic (exact) mass is 242 g/mol. The van der Waals surface area contributed by atoms with Gasteiger partial charge in [0.2, 0.25) is 0 Å². The zero-order valence-electron chi connectivity index (χ0n) is 10.6. The van der Waals surface area contributed by atoms with Gasteiger partial charge in [-0.05, 0) is 37.5 Å². The number of ether oxygens (including phenoxy) is 1. The van der Waals surface area contributed by atoms with Crippen LogP contribution in [0.2, 0.25) is 0 Å². The molecule has 0 atom stereocenters. The number of hydrogen-bond donors (Lipinski definition) is 1. The average molecular weight is 242 g/mol. The lowest BCUT2D eigenvalue weighted by Crippen LogP contribution is -2.00. The molecule has 0 unspecified atom stereocenters. The van der Waals surface area contributed by atoms with E-state index in [-0.39, 0.29) is 0 Å². The van der Waals surface area contributed by atoms with Crippen LogP contribution in [-0.4, -0.2) is 11.6 Å². The van der Waals surface area contributed by atoms with Crippen molar-refractivity contribution >= 4 is 16.5 Å². The fourth-order valence-electron chi connectivity index (χ4n) is 2.21. The highest BCUT2D eigenvalue weighted by molar-refractivity contribution is 5.96. The molecule has 1 saturated carbocycles. The number of pyridine rings is 1. The van der Waals surface area contributed by atoms with E-state index >= 15 is 0 Å². The molecule has 1 aromatic carbocycles. The van der Waals surface area contributed by atoms with E-state index < -0.39 is 0 Å². The minimum atomic E-state index is 0.757. The quantitative estimate of drug-likeness (QED) is 0.837. The van der Waals surface area contributed by atoms with E-state index in [4.69, 9.17) is 10.5 Å². The van der Waals surface area contributed by atoms with Gasteiger partial charge in [0.15, 0.2) is 0 Å². The summed E-state index contributed by atoms with van der Waals surface area (Å²) in [6.07, 6.45) is 5.73. The number of nitrogen functional groups attached to an aromatic ring is 1. The smallest absolute Gasteiger partial charge is 0.127 e. The first kappa shape index (κ1) is 11.3. The van der Waals surface area contributed by atoms with Crippen LogP contribution in [-0.2, 0) is 0 Å². The minimum absolute atomic E-state index is 0.757. The molecule has 1 aliphatic rings. The van der Waals surface area contributed by atoms with E-state index in [9.17, 15) is 0 Å². The van der Waals surface area contributed by atoms with Crippen LogP contribution in [0.5, 0.6) is 5.75 Å². The highest BCUT2D eigenvalue weighted by Crippen LogP contribution is 2.34. The summed E-state index contributed by atoms with van der Waals surface area (Å²) in [4.78, 5) is 4.29. The molecule has 0 saturated heterocycles. The average Bonchev–Trinajstić information content (AvgIpc) is 3.16. The maximum atomic E-state index is 5.97. The molecule has 94 valence electrons. The van der Waals surface area contributed by atoms with Gasteiger partial charge in [0.25, 0.3) is 0 Å². The van der Waals surface area contributed by atoms with Crippen LogP contribution < -0.4 is 10.5 Å². The molecule has 1 heterocycles. The Bertz CT molecular complexity index is 576. The Labute approximate surface area is 107 Å². The standard InChI is InChI=1S/C15H18N2O/c1-10-8-12-13(9-17-10)14(16)4-5-15(12)18-7-6-11-2-3-11/h4-5,8-9,11H,2-3,6-7,16H2,1H3. The molecule has 3 nitrogen and oxygen atoms in total. The Hall–Kier alpha value is -1.77. The molecule has 1 aliphatic carbocycles. The fourth-order valence-corrected chi connectivity index (χ4v) is 2.21. The third-order valence-electron chi connectivity index (χ3n) is 3.51. The molecule has 0 spiro atoms. The molecular formula is C15H18N2O. The predicted molar refractivity (Wildman–Crippen MR) is 73.7 cm³/mol. The van der Waals surface area contributed by atoms with Crippen molar-refractivity contribution in [3.63, 3.8) is 0 Å². The third-order valence-corrected chi connectivity index (χ3v) is 3.51. The molecule has 2 N–H and O–H groups in total. The molecule has 0 radical (unpaired) electrons. The minimum Gasteiger partial charge on any atom is -0.493 e. The third kappa shape index (κ3) is 2.26. The molecule has 0 aliphatic heterocycles. The summed E-state index contributed by atoms with van der Waals surface area (Å²) in [5, 5.41) is 2.04. The van der Waals surface area contributed by atoms with Gasteiger partial charge in [-0.3, -0.25) is 4.98 Å². The van der Waals surface area contributed by atoms with Crippen molar-refractivity contribution in [1.82, 2.24) is 4.98 Å². The summed E-state index contributed by atoms with van der Waals surface area (Å²) < 4.78 is 5.90. The molecule has 0 bridgehead atoms. The summed E-state index contributed by atoms with van der Waals surface area (Å²) in [5.74, 6) is 1.82. The largest absolute Gasteiger partial charge is 0.493 e. The summed E-state index contributed by atoms with van der Waals surface area (Å²) in [6.45, 7) is 2.78. The van der Waals surface area contributed by atoms with Crippen LogP contribution in [0.4, 0.5) is 5.69 Å². The van der Waals surface area contributed by atoms with Crippen LogP contribution >= 0.6 is 0 Å². The summed E-state index contributed by atoms with van der Waals surface area (Å²) in [7, 11) is 0. The van der Waals surface area contributed by atoms with E-state index in [0.29, 0.717) is 0 Å². The number of nitrogens with two attached hydrogens (primary N) is 1. The van der Waals surface area contributed by atoms with Gasteiger partial charge in [0.1, 0.15) is 5.75 Å². The number of benzene rings is 1. The van der Waals surface area contributed by atoms with Crippen molar-refractivity contribution in [3.05, 3.63) is 30.1 Å². The number of fused-ring (bicyclic) bond motifs is 1. The Morgan fingerprint density at radius 1 is 1.33 bits per heavy atom. The summed E-state index contributed by atoms with van der Waals surface area (Å²) in [6, 6.07) is 5.90. The van der Waals surface area contributed by atoms with Crippen molar-refractivity contribution in [2.24, 2.45) is 5.92 Å². The maximum absolute atomic E-state index is 5.97. The number of nitrogens with zero attached hydrogens (tertiary/aromatic N) is 1. The van der Waals surface area contributed by atoms with Crippen LogP contribution in [0.3, 0.4) is 0 Å². The first-order valence-electron chi connectivity index (χ1n) is 6.51. The Morgan fingerprint density at radius 3 is 2.94 bits per heavy atom. The molecule has 3 rings (SSSR count). The number of aryl methyl sites for hydroxylation is 1. The molecule has 1 fully saturated rings. The summed E-state index contributed by atoms with van der Waals surface area (Å²) >= 11 is 0. The number of hydrogen-bond acceptors (Lipinski definition) is 3. The Balaban J connectivity index is 1.89. The summed E-state index contributed by atoms with van der Waals surface area (Å²) in [5.41, 5.74) is 7.71. The second kappa shape index (κ2) is 4.48. The zero-order chi connectivity index (χ0) is 12.5. The lowest BCUT2D eigenvalue weighted by molar-refractivity contribution is 0.306. The van der Waals surface area contributed by atoms with Crippen LogP contribution in [0, 0.1) is 12.8 Å². The van der Waals surface area contributed by atoms with Gasteiger partial charge < -0.3 is 10.5 Å². The number of anilines is 1. The van der Waals surface area contributed by atoms with E-state index in [1.807, 2.05) is 31.3 Å². The van der Waals surface area contributed by atoms with Gasteiger partial charge in [-0.2, -0.15) is 0 Å². The first-order chi connectivity index (χ1) is 8.74. The molecule has 1 aromatic heterocycles. The molecule has 18 heavy (non-hydrogen) atoms. The fraction of sp³-hybridized carbons (Fsp3) is 0.400. The van der Waals surface area contributed by atoms with Gasteiger partial charge in [-0.1, -0.05) is 12.8 Å². The molecular weight excluding hydrogens is 224 g/mol. The lowest BCUT2D eigenvalue weighted by Gasteiger charge is -2.11. The zero-order valence-corrected chi connectivity index (χ0v) is 10.6. The lowest BCUT2D eigenvalue weighted by atomic mass is 10.1. The highest BCUT2D eigenvalue weighted by Gasteiger charge is 2.20. The van der Waals surface area contributed by atoms with Crippen LogP contribution in [0.1, 0.15) is 25.0 Å². The van der Waals surface area contributed by atoms with Gasteiger partial charge in [0, 0.05) is 28.4 Å². The van der Waals surface area contributed by atoms with Crippen molar-refractivity contribution < 1.29 is 4.74 Å². The van der Waals surface area contributed by atoms with Gasteiger partial charge in [0.05, 0.1) is 6.61 Å². The van der Waals surface area contributed by atoms with Crippen LogP contribution in [0.15, 0.2) is 24.4 Å². The second-order valence-corrected chi connectivity index (χ2v) is 5.10. The first-order valence-corrected chi connectivity index (χ1v) is 6.51. The predicted octanol–water partition coefficient (Wildman–Crippen LogP) is 3.30. The highest BCUT2D eigenvalue weighted by atomic mass is 16.5. The van der Waals surface area contributed by atoms with Crippen molar-refractivity contribution in [2.45, 2.75) is 26.2 Å². The topological polar surface area (TPSA) is 48.1 Å². The van der Waals surface area contributed by atoms with Crippen molar-refractivity contribution in [3.8, 4) is 5.75 Å². The molecule has 2 aromatic rings. The number of rotatable bonds is 4. The van der Waals surface area contributed by atoms with Gasteiger partial charge in [-0.15, -0.1) is 0 Å². The SMILES string of the molecule is Cc1cc2c(OCCC3CC3)ccc(N)c2cn1.